The van der Waals surface area contributed by atoms with Crippen LogP contribution in [-0.4, -0.2) is 17.0 Å². The first kappa shape index (κ1) is 10.7. The van der Waals surface area contributed by atoms with E-state index < -0.39 is 0 Å². The van der Waals surface area contributed by atoms with Gasteiger partial charge >= 0.3 is 0 Å². The zero-order valence-corrected chi connectivity index (χ0v) is 9.75. The second-order valence-corrected chi connectivity index (χ2v) is 3.93. The highest BCUT2D eigenvalue weighted by Gasteiger charge is 2.01. The van der Waals surface area contributed by atoms with E-state index in [1.54, 1.807) is 0 Å². The van der Waals surface area contributed by atoms with Gasteiger partial charge in [0.2, 0.25) is 0 Å². The normalized spacial score (nSPS) is 10.4. The van der Waals surface area contributed by atoms with Crippen LogP contribution >= 0.6 is 0 Å². The van der Waals surface area contributed by atoms with Crippen molar-refractivity contribution >= 4 is 5.95 Å². The Kier molecular flexibility index (Phi) is 3.25. The Bertz CT molecular complexity index is 460. The van der Waals surface area contributed by atoms with Crippen LogP contribution in [0.5, 0.6) is 0 Å². The molecule has 0 aliphatic heterocycles. The van der Waals surface area contributed by atoms with Crippen LogP contribution < -0.4 is 5.32 Å². The number of benzene rings is 1. The number of anilines is 1. The van der Waals surface area contributed by atoms with Gasteiger partial charge in [-0.2, -0.15) is 0 Å². The highest BCUT2D eigenvalue weighted by Crippen LogP contribution is 2.11. The maximum Gasteiger partial charge on any atom is 0.200 e. The van der Waals surface area contributed by atoms with Gasteiger partial charge in [0.1, 0.15) is 0 Å². The van der Waals surface area contributed by atoms with Crippen LogP contribution in [0.1, 0.15) is 16.8 Å². The first-order valence-corrected chi connectivity index (χ1v) is 5.55. The minimum atomic E-state index is 0.833. The Balaban J connectivity index is 1.99. The maximum absolute atomic E-state index is 4.20. The number of nitrogens with zero attached hydrogens (tertiary/aromatic N) is 1. The zero-order chi connectivity index (χ0) is 11.4. The summed E-state index contributed by atoms with van der Waals surface area (Å²) in [4.78, 5) is 7.43. The molecule has 1 aromatic carbocycles. The van der Waals surface area contributed by atoms with E-state index in [1.807, 2.05) is 13.2 Å². The smallest absolute Gasteiger partial charge is 0.200 e. The molecule has 0 atom stereocenters. The van der Waals surface area contributed by atoms with Crippen LogP contribution in [0.15, 0.2) is 30.5 Å². The molecule has 0 saturated heterocycles. The Morgan fingerprint density at radius 3 is 2.75 bits per heavy atom. The number of H-pyrrole nitrogens is 1. The molecule has 1 heterocycles. The third kappa shape index (κ3) is 2.42. The van der Waals surface area contributed by atoms with Gasteiger partial charge in [0, 0.05) is 12.7 Å². The van der Waals surface area contributed by atoms with Gasteiger partial charge in [-0.1, -0.05) is 24.3 Å². The average Bonchev–Trinajstić information content (AvgIpc) is 2.76. The zero-order valence-electron chi connectivity index (χ0n) is 9.75. The van der Waals surface area contributed by atoms with E-state index in [0.717, 1.165) is 18.8 Å². The number of rotatable bonds is 4. The molecule has 0 aliphatic rings. The third-order valence-electron chi connectivity index (χ3n) is 2.79. The predicted octanol–water partition coefficient (Wildman–Crippen LogP) is 2.55. The molecule has 3 heteroatoms. The summed E-state index contributed by atoms with van der Waals surface area (Å²) in [7, 11) is 1.87. The summed E-state index contributed by atoms with van der Waals surface area (Å²) in [6, 6.07) is 8.51. The molecule has 3 nitrogen and oxygen atoms in total. The van der Waals surface area contributed by atoms with E-state index in [2.05, 4.69) is 46.5 Å². The van der Waals surface area contributed by atoms with E-state index in [4.69, 9.17) is 0 Å². The van der Waals surface area contributed by atoms with Crippen molar-refractivity contribution in [2.24, 2.45) is 0 Å². The van der Waals surface area contributed by atoms with E-state index in [9.17, 15) is 0 Å². The van der Waals surface area contributed by atoms with Crippen molar-refractivity contribution in [3.05, 3.63) is 47.3 Å². The highest BCUT2D eigenvalue weighted by atomic mass is 15.1. The number of imidazole rings is 1. The molecule has 0 unspecified atom stereocenters. The van der Waals surface area contributed by atoms with Gasteiger partial charge in [-0.3, -0.25) is 0 Å². The second-order valence-electron chi connectivity index (χ2n) is 3.93. The third-order valence-corrected chi connectivity index (χ3v) is 2.79. The minimum absolute atomic E-state index is 0.833. The first-order chi connectivity index (χ1) is 7.79. The van der Waals surface area contributed by atoms with Gasteiger partial charge in [-0.25, -0.2) is 4.98 Å². The highest BCUT2D eigenvalue weighted by molar-refractivity contribution is 5.28. The van der Waals surface area contributed by atoms with Gasteiger partial charge in [-0.05, 0) is 30.9 Å². The maximum atomic E-state index is 4.20. The molecule has 0 aliphatic carbocycles. The second kappa shape index (κ2) is 4.84. The molecule has 84 valence electrons. The molecule has 0 saturated carbocycles. The molecule has 0 amide bonds. The van der Waals surface area contributed by atoms with Crippen molar-refractivity contribution in [2.45, 2.75) is 19.8 Å². The van der Waals surface area contributed by atoms with Crippen molar-refractivity contribution in [3.63, 3.8) is 0 Å². The van der Waals surface area contributed by atoms with Crippen LogP contribution in [0.2, 0.25) is 0 Å². The van der Waals surface area contributed by atoms with Gasteiger partial charge in [0.25, 0.3) is 0 Å². The average molecular weight is 215 g/mol. The summed E-state index contributed by atoms with van der Waals surface area (Å²) in [6.45, 7) is 2.15. The summed E-state index contributed by atoms with van der Waals surface area (Å²) in [5.41, 5.74) is 3.94. The lowest BCUT2D eigenvalue weighted by Crippen LogP contribution is -1.95. The predicted molar refractivity (Wildman–Crippen MR) is 66.7 cm³/mol. The number of aromatic nitrogens is 2. The van der Waals surface area contributed by atoms with Gasteiger partial charge < -0.3 is 10.3 Å². The van der Waals surface area contributed by atoms with Gasteiger partial charge in [0.05, 0.1) is 6.20 Å². The van der Waals surface area contributed by atoms with Gasteiger partial charge in [-0.15, -0.1) is 0 Å². The van der Waals surface area contributed by atoms with Crippen LogP contribution in [0.4, 0.5) is 5.95 Å². The van der Waals surface area contributed by atoms with Crippen LogP contribution in [0, 0.1) is 6.92 Å². The Labute approximate surface area is 95.9 Å². The molecule has 0 fully saturated rings. The quantitative estimate of drug-likeness (QED) is 0.823. The summed E-state index contributed by atoms with van der Waals surface area (Å²) in [6.07, 6.45) is 3.95. The number of hydrogen-bond donors (Lipinski definition) is 2. The summed E-state index contributed by atoms with van der Waals surface area (Å²) < 4.78 is 0. The van der Waals surface area contributed by atoms with Crippen molar-refractivity contribution in [3.8, 4) is 0 Å². The monoisotopic (exact) mass is 215 g/mol. The molecule has 0 bridgehead atoms. The Morgan fingerprint density at radius 2 is 2.06 bits per heavy atom. The van der Waals surface area contributed by atoms with E-state index in [1.165, 1.54) is 16.8 Å². The number of nitrogens with one attached hydrogen (secondary N) is 2. The molecular formula is C13H17N3. The van der Waals surface area contributed by atoms with E-state index >= 15 is 0 Å². The Hall–Kier alpha value is -1.77. The van der Waals surface area contributed by atoms with Crippen LogP contribution in [0.25, 0.3) is 0 Å². The first-order valence-electron chi connectivity index (χ1n) is 5.55. The van der Waals surface area contributed by atoms with Crippen molar-refractivity contribution < 1.29 is 0 Å². The molecule has 2 N–H and O–H groups in total. The summed E-state index contributed by atoms with van der Waals surface area (Å²) in [5.74, 6) is 0.833. The van der Waals surface area contributed by atoms with Gasteiger partial charge in [0.15, 0.2) is 5.95 Å². The molecule has 1 aromatic heterocycles. The number of hydrogen-bond acceptors (Lipinski definition) is 2. The topological polar surface area (TPSA) is 40.7 Å². The van der Waals surface area contributed by atoms with E-state index in [0.29, 0.717) is 0 Å². The lowest BCUT2D eigenvalue weighted by atomic mass is 10.0. The van der Waals surface area contributed by atoms with Crippen molar-refractivity contribution in [2.75, 3.05) is 12.4 Å². The van der Waals surface area contributed by atoms with Crippen molar-refractivity contribution in [1.29, 1.82) is 0 Å². The van der Waals surface area contributed by atoms with Crippen LogP contribution in [-0.2, 0) is 12.8 Å². The van der Waals surface area contributed by atoms with Crippen molar-refractivity contribution in [1.82, 2.24) is 9.97 Å². The number of aromatic amines is 1. The van der Waals surface area contributed by atoms with E-state index in [-0.39, 0.29) is 0 Å². The molecule has 2 rings (SSSR count). The Morgan fingerprint density at radius 1 is 1.25 bits per heavy atom. The van der Waals surface area contributed by atoms with Crippen LogP contribution in [0.3, 0.4) is 0 Å². The fourth-order valence-electron chi connectivity index (χ4n) is 1.77. The summed E-state index contributed by atoms with van der Waals surface area (Å²) >= 11 is 0. The largest absolute Gasteiger partial charge is 0.359 e. The lowest BCUT2D eigenvalue weighted by Gasteiger charge is -2.03. The molecule has 0 radical (unpaired) electrons. The molecular weight excluding hydrogens is 198 g/mol. The standard InChI is InChI=1S/C13H17N3/c1-10-5-3-4-6-11(10)7-8-12-9-15-13(14-2)16-12/h3-6,9H,7-8H2,1-2H3,(H2,14,15,16). The molecule has 2 aromatic rings. The lowest BCUT2D eigenvalue weighted by molar-refractivity contribution is 0.917. The minimum Gasteiger partial charge on any atom is -0.359 e. The fourth-order valence-corrected chi connectivity index (χ4v) is 1.77. The molecule has 16 heavy (non-hydrogen) atoms. The fraction of sp³-hybridized carbons (Fsp3) is 0.308. The SMILES string of the molecule is CNc1ncc(CCc2ccccc2C)[nH]1. The number of aryl methyl sites for hydroxylation is 3. The molecule has 0 spiro atoms. The summed E-state index contributed by atoms with van der Waals surface area (Å²) in [5, 5.41) is 2.99.